The van der Waals surface area contributed by atoms with Crippen molar-refractivity contribution in [2.45, 2.75) is 0 Å². The Hall–Kier alpha value is -3.55. The van der Waals surface area contributed by atoms with Crippen LogP contribution in [0.3, 0.4) is 0 Å². The fourth-order valence-corrected chi connectivity index (χ4v) is 2.66. The number of amides is 1. The van der Waals surface area contributed by atoms with Gasteiger partial charge in [-0.1, -0.05) is 12.1 Å². The number of carbonyl (C=O) groups is 2. The molecule has 134 valence electrons. The van der Waals surface area contributed by atoms with Crippen molar-refractivity contribution >= 4 is 23.4 Å². The molecular formula is C18H19N5O3. The minimum atomic E-state index is -0.392. The number of aromatic nitrogens is 3. The fourth-order valence-electron chi connectivity index (χ4n) is 2.66. The third-order valence-corrected chi connectivity index (χ3v) is 3.97. The molecule has 0 unspecified atom stereocenters. The Morgan fingerprint density at radius 1 is 1.08 bits per heavy atom. The highest BCUT2D eigenvalue weighted by atomic mass is 16.5. The molecule has 0 aliphatic rings. The maximum absolute atomic E-state index is 12.3. The SMILES string of the molecule is COC(=O)c1cc(-c2ccc(NC(=O)c3nc(N)cn3C)cc2)cn1C. The van der Waals surface area contributed by atoms with Gasteiger partial charge in [-0.05, 0) is 23.8 Å². The molecule has 3 N–H and O–H groups in total. The van der Waals surface area contributed by atoms with Crippen LogP contribution < -0.4 is 11.1 Å². The first kappa shape index (κ1) is 17.3. The van der Waals surface area contributed by atoms with E-state index < -0.39 is 5.97 Å². The Morgan fingerprint density at radius 3 is 2.35 bits per heavy atom. The Bertz CT molecular complexity index is 969. The summed E-state index contributed by atoms with van der Waals surface area (Å²) in [5.74, 6) is -0.211. The van der Waals surface area contributed by atoms with Gasteiger partial charge in [0.25, 0.3) is 5.91 Å². The average molecular weight is 353 g/mol. The third-order valence-electron chi connectivity index (χ3n) is 3.97. The van der Waals surface area contributed by atoms with Crippen LogP contribution in [0.5, 0.6) is 0 Å². The number of anilines is 2. The molecule has 3 rings (SSSR count). The summed E-state index contributed by atoms with van der Waals surface area (Å²) in [5.41, 5.74) is 8.48. The second-order valence-corrected chi connectivity index (χ2v) is 5.85. The topological polar surface area (TPSA) is 104 Å². The molecule has 0 aliphatic carbocycles. The fraction of sp³-hybridized carbons (Fsp3) is 0.167. The van der Waals surface area contributed by atoms with E-state index in [4.69, 9.17) is 10.5 Å². The second-order valence-electron chi connectivity index (χ2n) is 5.85. The smallest absolute Gasteiger partial charge is 0.354 e. The average Bonchev–Trinajstić information content (AvgIpc) is 3.17. The first-order valence-corrected chi connectivity index (χ1v) is 7.84. The van der Waals surface area contributed by atoms with Crippen LogP contribution in [0.4, 0.5) is 11.5 Å². The van der Waals surface area contributed by atoms with Gasteiger partial charge in [-0.2, -0.15) is 0 Å². The Morgan fingerprint density at radius 2 is 1.77 bits per heavy atom. The number of nitrogen functional groups attached to an aromatic ring is 1. The van der Waals surface area contributed by atoms with E-state index in [9.17, 15) is 9.59 Å². The van der Waals surface area contributed by atoms with Gasteiger partial charge in [0.1, 0.15) is 11.5 Å². The largest absolute Gasteiger partial charge is 0.464 e. The molecule has 0 bridgehead atoms. The number of ether oxygens (including phenoxy) is 1. The molecule has 8 heteroatoms. The summed E-state index contributed by atoms with van der Waals surface area (Å²) in [7, 11) is 4.83. The molecule has 0 saturated heterocycles. The zero-order valence-electron chi connectivity index (χ0n) is 14.7. The monoisotopic (exact) mass is 353 g/mol. The normalized spacial score (nSPS) is 10.6. The van der Waals surface area contributed by atoms with Gasteiger partial charge in [0.2, 0.25) is 5.82 Å². The number of carbonyl (C=O) groups excluding carboxylic acids is 2. The lowest BCUT2D eigenvalue weighted by molar-refractivity contribution is 0.0590. The van der Waals surface area contributed by atoms with Crippen molar-refractivity contribution in [3.05, 3.63) is 54.2 Å². The van der Waals surface area contributed by atoms with Crippen molar-refractivity contribution in [1.82, 2.24) is 14.1 Å². The number of hydrogen-bond acceptors (Lipinski definition) is 5. The zero-order valence-corrected chi connectivity index (χ0v) is 14.7. The van der Waals surface area contributed by atoms with E-state index >= 15 is 0 Å². The summed E-state index contributed by atoms with van der Waals surface area (Å²) in [6, 6.07) is 9.04. The van der Waals surface area contributed by atoms with E-state index in [1.807, 2.05) is 18.3 Å². The number of imidazole rings is 1. The summed E-state index contributed by atoms with van der Waals surface area (Å²) in [5, 5.41) is 2.78. The molecule has 0 spiro atoms. The molecule has 0 radical (unpaired) electrons. The van der Waals surface area contributed by atoms with Crippen LogP contribution in [0.15, 0.2) is 42.7 Å². The number of nitrogens with one attached hydrogen (secondary N) is 1. The van der Waals surface area contributed by atoms with E-state index in [2.05, 4.69) is 10.3 Å². The van der Waals surface area contributed by atoms with Gasteiger partial charge in [0.15, 0.2) is 0 Å². The maximum Gasteiger partial charge on any atom is 0.354 e. The Balaban J connectivity index is 1.78. The lowest BCUT2D eigenvalue weighted by atomic mass is 10.1. The predicted octanol–water partition coefficient (Wildman–Crippen LogP) is 2.05. The van der Waals surface area contributed by atoms with Crippen molar-refractivity contribution in [2.24, 2.45) is 14.1 Å². The molecular weight excluding hydrogens is 334 g/mol. The highest BCUT2D eigenvalue weighted by Gasteiger charge is 2.14. The van der Waals surface area contributed by atoms with Crippen molar-refractivity contribution in [2.75, 3.05) is 18.2 Å². The Labute approximate surface area is 150 Å². The maximum atomic E-state index is 12.3. The van der Waals surface area contributed by atoms with E-state index in [1.165, 1.54) is 7.11 Å². The summed E-state index contributed by atoms with van der Waals surface area (Å²) >= 11 is 0. The second kappa shape index (κ2) is 6.75. The number of rotatable bonds is 4. The Kier molecular flexibility index (Phi) is 4.49. The van der Waals surface area contributed by atoms with E-state index in [1.54, 1.807) is 47.6 Å². The van der Waals surface area contributed by atoms with Gasteiger partial charge < -0.3 is 24.9 Å². The number of esters is 1. The minimum Gasteiger partial charge on any atom is -0.464 e. The lowest BCUT2D eigenvalue weighted by Gasteiger charge is -2.06. The number of aryl methyl sites for hydroxylation is 2. The van der Waals surface area contributed by atoms with E-state index in [0.717, 1.165) is 11.1 Å². The molecule has 0 atom stereocenters. The van der Waals surface area contributed by atoms with Crippen LogP contribution in [0, 0.1) is 0 Å². The number of hydrogen-bond donors (Lipinski definition) is 2. The molecule has 1 amide bonds. The van der Waals surface area contributed by atoms with Crippen LogP contribution in [-0.2, 0) is 18.8 Å². The van der Waals surface area contributed by atoms with Crippen LogP contribution >= 0.6 is 0 Å². The molecule has 0 fully saturated rings. The number of nitrogens with two attached hydrogens (primary N) is 1. The van der Waals surface area contributed by atoms with Crippen LogP contribution in [0.1, 0.15) is 21.1 Å². The van der Waals surface area contributed by atoms with Crippen molar-refractivity contribution in [3.63, 3.8) is 0 Å². The van der Waals surface area contributed by atoms with Gasteiger partial charge in [0, 0.05) is 37.7 Å². The van der Waals surface area contributed by atoms with Crippen molar-refractivity contribution < 1.29 is 14.3 Å². The number of methoxy groups -OCH3 is 1. The summed E-state index contributed by atoms with van der Waals surface area (Å²) in [6.45, 7) is 0. The molecule has 2 heterocycles. The van der Waals surface area contributed by atoms with Gasteiger partial charge in [-0.15, -0.1) is 0 Å². The summed E-state index contributed by atoms with van der Waals surface area (Å²) in [4.78, 5) is 28.0. The van der Waals surface area contributed by atoms with Gasteiger partial charge >= 0.3 is 5.97 Å². The molecule has 0 aliphatic heterocycles. The third kappa shape index (κ3) is 3.30. The molecule has 26 heavy (non-hydrogen) atoms. The first-order chi connectivity index (χ1) is 12.4. The van der Waals surface area contributed by atoms with E-state index in [0.29, 0.717) is 17.2 Å². The van der Waals surface area contributed by atoms with Crippen LogP contribution in [-0.4, -0.2) is 33.1 Å². The summed E-state index contributed by atoms with van der Waals surface area (Å²) in [6.07, 6.45) is 3.42. The standard InChI is InChI=1S/C18H19N5O3/c1-22-9-12(8-14(22)18(25)26-3)11-4-6-13(7-5-11)20-17(24)16-21-15(19)10-23(16)2/h4-10H,19H2,1-3H3,(H,20,24). The summed E-state index contributed by atoms with van der Waals surface area (Å²) < 4.78 is 8.04. The van der Waals surface area contributed by atoms with Gasteiger partial charge in [-0.25, -0.2) is 9.78 Å². The van der Waals surface area contributed by atoms with Crippen LogP contribution in [0.25, 0.3) is 11.1 Å². The van der Waals surface area contributed by atoms with Crippen LogP contribution in [0.2, 0.25) is 0 Å². The zero-order chi connectivity index (χ0) is 18.8. The molecule has 3 aromatic rings. The molecule has 2 aromatic heterocycles. The number of benzene rings is 1. The highest BCUT2D eigenvalue weighted by molar-refractivity contribution is 6.02. The quantitative estimate of drug-likeness (QED) is 0.699. The first-order valence-electron chi connectivity index (χ1n) is 7.84. The van der Waals surface area contributed by atoms with Crippen molar-refractivity contribution in [3.8, 4) is 11.1 Å². The molecule has 1 aromatic carbocycles. The van der Waals surface area contributed by atoms with Gasteiger partial charge in [-0.3, -0.25) is 4.79 Å². The molecule has 8 nitrogen and oxygen atoms in total. The highest BCUT2D eigenvalue weighted by Crippen LogP contribution is 2.24. The minimum absolute atomic E-state index is 0.234. The van der Waals surface area contributed by atoms with Crippen molar-refractivity contribution in [1.29, 1.82) is 0 Å². The number of nitrogens with zero attached hydrogens (tertiary/aromatic N) is 3. The predicted molar refractivity (Wildman–Crippen MR) is 97.8 cm³/mol. The molecule has 0 saturated carbocycles. The van der Waals surface area contributed by atoms with Gasteiger partial charge in [0.05, 0.1) is 7.11 Å². The lowest BCUT2D eigenvalue weighted by Crippen LogP contribution is -2.16. The van der Waals surface area contributed by atoms with E-state index in [-0.39, 0.29) is 11.7 Å².